The smallest absolute Gasteiger partial charge is 0.154 e. The number of aryl methyl sites for hydroxylation is 1. The van der Waals surface area contributed by atoms with Gasteiger partial charge < -0.3 is 4.90 Å². The number of nitrogens with zero attached hydrogens (tertiary/aromatic N) is 4. The van der Waals surface area contributed by atoms with E-state index in [0.29, 0.717) is 6.42 Å². The predicted molar refractivity (Wildman–Crippen MR) is 115 cm³/mol. The molecule has 6 nitrogen and oxygen atoms in total. The highest BCUT2D eigenvalue weighted by Gasteiger charge is 2.25. The van der Waals surface area contributed by atoms with Gasteiger partial charge in [0.1, 0.15) is 0 Å². The third-order valence-electron chi connectivity index (χ3n) is 5.94. The number of fused-ring (bicyclic) bond motifs is 2. The molecule has 0 amide bonds. The maximum Gasteiger partial charge on any atom is 0.154 e. The molecule has 2 aromatic carbocycles. The summed E-state index contributed by atoms with van der Waals surface area (Å²) in [4.78, 5) is 4.68. The Morgan fingerprint density at radius 3 is 2.59 bits per heavy atom. The summed E-state index contributed by atoms with van der Waals surface area (Å²) < 4.78 is 23.9. The number of benzene rings is 2. The molecule has 1 aromatic heterocycles. The van der Waals surface area contributed by atoms with Crippen molar-refractivity contribution in [3.8, 4) is 0 Å². The normalized spacial score (nSPS) is 19.2. The number of anilines is 1. The third-order valence-corrected chi connectivity index (χ3v) is 7.52. The van der Waals surface area contributed by atoms with Gasteiger partial charge in [0.15, 0.2) is 15.7 Å². The number of hydrogen-bond acceptors (Lipinski definition) is 6. The zero-order chi connectivity index (χ0) is 19.8. The standard InChI is InChI=1S/C22H24N4O2S/c27-29(28)13-8-21-19(16-29)14-22(24-23-21)26-11-9-25(10-12-26)15-18-6-3-5-17-4-1-2-7-20(17)18/h1-7,14H,8-13,15-16H2. The monoisotopic (exact) mass is 408 g/mol. The molecule has 1 fully saturated rings. The Morgan fingerprint density at radius 2 is 1.72 bits per heavy atom. The third kappa shape index (κ3) is 3.84. The van der Waals surface area contributed by atoms with Gasteiger partial charge in [-0.2, -0.15) is 5.10 Å². The van der Waals surface area contributed by atoms with Gasteiger partial charge in [0, 0.05) is 39.1 Å². The average molecular weight is 409 g/mol. The van der Waals surface area contributed by atoms with Crippen molar-refractivity contribution in [2.45, 2.75) is 18.7 Å². The Kier molecular flexibility index (Phi) is 4.72. The lowest BCUT2D eigenvalue weighted by Gasteiger charge is -2.35. The van der Waals surface area contributed by atoms with Crippen molar-refractivity contribution >= 4 is 26.4 Å². The Morgan fingerprint density at radius 1 is 0.931 bits per heavy atom. The molecule has 2 aliphatic heterocycles. The molecule has 1 saturated heterocycles. The van der Waals surface area contributed by atoms with E-state index in [1.54, 1.807) is 0 Å². The van der Waals surface area contributed by atoms with Gasteiger partial charge in [0.05, 0.1) is 17.2 Å². The van der Waals surface area contributed by atoms with Crippen LogP contribution in [0.4, 0.5) is 5.82 Å². The molecule has 0 spiro atoms. The molecular formula is C22H24N4O2S. The highest BCUT2D eigenvalue weighted by atomic mass is 32.2. The van der Waals surface area contributed by atoms with Crippen LogP contribution in [-0.4, -0.2) is 55.4 Å². The summed E-state index contributed by atoms with van der Waals surface area (Å²) in [7, 11) is -3.00. The minimum Gasteiger partial charge on any atom is -0.353 e. The van der Waals surface area contributed by atoms with Gasteiger partial charge in [-0.3, -0.25) is 4.90 Å². The first kappa shape index (κ1) is 18.5. The number of piperazine rings is 1. The summed E-state index contributed by atoms with van der Waals surface area (Å²) in [6.45, 7) is 4.56. The Balaban J connectivity index is 1.27. The maximum absolute atomic E-state index is 11.9. The van der Waals surface area contributed by atoms with Crippen molar-refractivity contribution in [2.75, 3.05) is 36.8 Å². The van der Waals surface area contributed by atoms with Crippen LogP contribution in [-0.2, 0) is 28.6 Å². The fraction of sp³-hybridized carbons (Fsp3) is 0.364. The molecule has 0 unspecified atom stereocenters. The fourth-order valence-electron chi connectivity index (χ4n) is 4.30. The molecule has 0 atom stereocenters. The first-order valence-corrected chi connectivity index (χ1v) is 11.9. The Bertz CT molecular complexity index is 1150. The second-order valence-electron chi connectivity index (χ2n) is 7.92. The number of aromatic nitrogens is 2. The molecule has 3 heterocycles. The van der Waals surface area contributed by atoms with Crippen molar-refractivity contribution in [1.82, 2.24) is 15.1 Å². The fourth-order valence-corrected chi connectivity index (χ4v) is 5.67. The van der Waals surface area contributed by atoms with E-state index in [1.165, 1.54) is 16.3 Å². The predicted octanol–water partition coefficient (Wildman–Crippen LogP) is 2.42. The van der Waals surface area contributed by atoms with Crippen LogP contribution in [0, 0.1) is 0 Å². The number of sulfone groups is 1. The van der Waals surface area contributed by atoms with E-state index in [2.05, 4.69) is 62.5 Å². The van der Waals surface area contributed by atoms with Crippen LogP contribution in [0.2, 0.25) is 0 Å². The summed E-state index contributed by atoms with van der Waals surface area (Å²) in [5.74, 6) is 1.07. The van der Waals surface area contributed by atoms with E-state index in [4.69, 9.17) is 0 Å². The van der Waals surface area contributed by atoms with E-state index in [9.17, 15) is 8.42 Å². The lowest BCUT2D eigenvalue weighted by atomic mass is 10.0. The first-order valence-electron chi connectivity index (χ1n) is 10.1. The topological polar surface area (TPSA) is 66.4 Å². The van der Waals surface area contributed by atoms with Gasteiger partial charge >= 0.3 is 0 Å². The minimum atomic E-state index is -3.00. The lowest BCUT2D eigenvalue weighted by molar-refractivity contribution is 0.250. The molecule has 0 aliphatic carbocycles. The molecule has 0 saturated carbocycles. The van der Waals surface area contributed by atoms with Crippen LogP contribution >= 0.6 is 0 Å². The number of rotatable bonds is 3. The van der Waals surface area contributed by atoms with Gasteiger partial charge in [-0.25, -0.2) is 8.42 Å². The zero-order valence-corrected chi connectivity index (χ0v) is 17.1. The molecule has 7 heteroatoms. The van der Waals surface area contributed by atoms with Gasteiger partial charge in [-0.05, 0) is 28.0 Å². The summed E-state index contributed by atoms with van der Waals surface area (Å²) in [6, 6.07) is 17.0. The Labute approximate surface area is 171 Å². The molecule has 29 heavy (non-hydrogen) atoms. The van der Waals surface area contributed by atoms with Crippen LogP contribution in [0.1, 0.15) is 16.8 Å². The van der Waals surface area contributed by atoms with E-state index in [0.717, 1.165) is 49.8 Å². The van der Waals surface area contributed by atoms with Crippen molar-refractivity contribution in [3.05, 3.63) is 65.4 Å². The summed E-state index contributed by atoms with van der Waals surface area (Å²) >= 11 is 0. The molecular weight excluding hydrogens is 384 g/mol. The molecule has 0 bridgehead atoms. The quantitative estimate of drug-likeness (QED) is 0.663. The van der Waals surface area contributed by atoms with Crippen LogP contribution in [0.25, 0.3) is 10.8 Å². The molecule has 0 N–H and O–H groups in total. The van der Waals surface area contributed by atoms with Crippen molar-refractivity contribution in [1.29, 1.82) is 0 Å². The zero-order valence-electron chi connectivity index (χ0n) is 16.3. The van der Waals surface area contributed by atoms with Crippen LogP contribution in [0.5, 0.6) is 0 Å². The maximum atomic E-state index is 11.9. The van der Waals surface area contributed by atoms with E-state index < -0.39 is 9.84 Å². The highest BCUT2D eigenvalue weighted by Crippen LogP contribution is 2.24. The van der Waals surface area contributed by atoms with Gasteiger partial charge in [0.25, 0.3) is 0 Å². The first-order chi connectivity index (χ1) is 14.1. The van der Waals surface area contributed by atoms with Crippen LogP contribution < -0.4 is 4.90 Å². The van der Waals surface area contributed by atoms with Crippen LogP contribution in [0.15, 0.2) is 48.5 Å². The SMILES string of the molecule is O=S1(=O)CCc2nnc(N3CCN(Cc4cccc5ccccc45)CC3)cc2C1. The van der Waals surface area contributed by atoms with Crippen molar-refractivity contribution in [3.63, 3.8) is 0 Å². The molecule has 3 aromatic rings. The highest BCUT2D eigenvalue weighted by molar-refractivity contribution is 7.90. The van der Waals surface area contributed by atoms with Crippen molar-refractivity contribution in [2.24, 2.45) is 0 Å². The van der Waals surface area contributed by atoms with Gasteiger partial charge in [-0.15, -0.1) is 5.10 Å². The lowest BCUT2D eigenvalue weighted by Crippen LogP contribution is -2.46. The van der Waals surface area contributed by atoms with Gasteiger partial charge in [0.2, 0.25) is 0 Å². The average Bonchev–Trinajstić information content (AvgIpc) is 2.73. The molecule has 5 rings (SSSR count). The summed E-state index contributed by atoms with van der Waals surface area (Å²) in [5, 5.41) is 11.3. The van der Waals surface area contributed by atoms with Crippen molar-refractivity contribution < 1.29 is 8.42 Å². The molecule has 2 aliphatic rings. The van der Waals surface area contributed by atoms with E-state index in [1.807, 2.05) is 6.07 Å². The van der Waals surface area contributed by atoms with Crippen LogP contribution in [0.3, 0.4) is 0 Å². The van der Waals surface area contributed by atoms with E-state index >= 15 is 0 Å². The largest absolute Gasteiger partial charge is 0.353 e. The van der Waals surface area contributed by atoms with E-state index in [-0.39, 0.29) is 11.5 Å². The Hall–Kier alpha value is -2.51. The summed E-state index contributed by atoms with van der Waals surface area (Å²) in [5.41, 5.74) is 3.01. The second kappa shape index (κ2) is 7.39. The minimum absolute atomic E-state index is 0.0892. The number of hydrogen-bond donors (Lipinski definition) is 0. The summed E-state index contributed by atoms with van der Waals surface area (Å²) in [6.07, 6.45) is 0.476. The molecule has 150 valence electrons. The second-order valence-corrected chi connectivity index (χ2v) is 10.1. The molecule has 0 radical (unpaired) electrons. The van der Waals surface area contributed by atoms with Gasteiger partial charge in [-0.1, -0.05) is 42.5 Å².